The minimum absolute atomic E-state index is 0.0808. The molecule has 2 aromatic carbocycles. The summed E-state index contributed by atoms with van der Waals surface area (Å²) in [6.07, 6.45) is 0.698. The molecule has 3 rings (SSSR count). The van der Waals surface area contributed by atoms with Gasteiger partial charge in [0, 0.05) is 12.1 Å². The molecule has 7 heteroatoms. The van der Waals surface area contributed by atoms with Gasteiger partial charge in [0.2, 0.25) is 0 Å². The third-order valence-electron chi connectivity index (χ3n) is 5.39. The Morgan fingerprint density at radius 1 is 1.09 bits per heavy atom. The van der Waals surface area contributed by atoms with Gasteiger partial charge in [-0.1, -0.05) is 12.1 Å². The van der Waals surface area contributed by atoms with Crippen molar-refractivity contribution in [1.82, 2.24) is 9.80 Å². The topological polar surface area (TPSA) is 79.3 Å². The van der Waals surface area contributed by atoms with E-state index < -0.39 is 17.7 Å². The minimum Gasteiger partial charge on any atom is -0.507 e. The van der Waals surface area contributed by atoms with Crippen molar-refractivity contribution in [2.45, 2.75) is 19.4 Å². The zero-order valence-corrected chi connectivity index (χ0v) is 19.0. The van der Waals surface area contributed by atoms with E-state index >= 15 is 0 Å². The number of likely N-dealkylation sites (tertiary alicyclic amines) is 1. The van der Waals surface area contributed by atoms with Gasteiger partial charge in [-0.25, -0.2) is 0 Å². The lowest BCUT2D eigenvalue weighted by atomic mass is 9.95. The predicted octanol–water partition coefficient (Wildman–Crippen LogP) is 3.47. The number of aliphatic hydroxyl groups is 1. The van der Waals surface area contributed by atoms with E-state index in [0.717, 1.165) is 6.54 Å². The highest BCUT2D eigenvalue weighted by Crippen LogP contribution is 2.40. The van der Waals surface area contributed by atoms with E-state index in [9.17, 15) is 14.7 Å². The normalized spacial score (nSPS) is 17.8. The maximum absolute atomic E-state index is 13.1. The van der Waals surface area contributed by atoms with Gasteiger partial charge in [0.15, 0.2) is 0 Å². The van der Waals surface area contributed by atoms with Crippen molar-refractivity contribution >= 4 is 17.4 Å². The third-order valence-corrected chi connectivity index (χ3v) is 5.39. The molecule has 1 heterocycles. The Balaban J connectivity index is 2.07. The van der Waals surface area contributed by atoms with Crippen LogP contribution in [0.5, 0.6) is 11.5 Å². The molecule has 7 nitrogen and oxygen atoms in total. The Morgan fingerprint density at radius 3 is 2.44 bits per heavy atom. The van der Waals surface area contributed by atoms with Crippen LogP contribution < -0.4 is 9.47 Å². The molecule has 0 aliphatic carbocycles. The van der Waals surface area contributed by atoms with Crippen LogP contribution in [0.4, 0.5) is 0 Å². The second-order valence-electron chi connectivity index (χ2n) is 7.88. The number of hydrogen-bond acceptors (Lipinski definition) is 6. The van der Waals surface area contributed by atoms with Gasteiger partial charge < -0.3 is 24.4 Å². The fourth-order valence-electron chi connectivity index (χ4n) is 3.86. The van der Waals surface area contributed by atoms with Crippen LogP contribution in [0.2, 0.25) is 0 Å². The Hall–Kier alpha value is -3.32. The van der Waals surface area contributed by atoms with E-state index in [2.05, 4.69) is 0 Å². The largest absolute Gasteiger partial charge is 0.507 e. The fraction of sp³-hybridized carbons (Fsp3) is 0.360. The summed E-state index contributed by atoms with van der Waals surface area (Å²) < 4.78 is 10.8. The zero-order chi connectivity index (χ0) is 23.3. The Morgan fingerprint density at radius 2 is 1.81 bits per heavy atom. The molecule has 1 saturated heterocycles. The monoisotopic (exact) mass is 438 g/mol. The first-order valence-electron chi connectivity index (χ1n) is 10.7. The van der Waals surface area contributed by atoms with E-state index in [1.54, 1.807) is 48.4 Å². The van der Waals surface area contributed by atoms with Crippen LogP contribution in [0, 0.1) is 0 Å². The smallest absolute Gasteiger partial charge is 0.295 e. The molecule has 1 N–H and O–H groups in total. The highest BCUT2D eigenvalue weighted by molar-refractivity contribution is 6.46. The second kappa shape index (κ2) is 10.3. The quantitative estimate of drug-likeness (QED) is 0.367. The van der Waals surface area contributed by atoms with Gasteiger partial charge in [-0.05, 0) is 75.9 Å². The first-order valence-corrected chi connectivity index (χ1v) is 10.7. The number of benzene rings is 2. The lowest BCUT2D eigenvalue weighted by Crippen LogP contribution is -2.32. The molecule has 1 atom stereocenters. The molecule has 0 spiro atoms. The molecule has 0 unspecified atom stereocenters. The highest BCUT2D eigenvalue weighted by Gasteiger charge is 2.45. The predicted molar refractivity (Wildman–Crippen MR) is 123 cm³/mol. The number of methoxy groups -OCH3 is 1. The van der Waals surface area contributed by atoms with Crippen LogP contribution in [0.25, 0.3) is 5.76 Å². The van der Waals surface area contributed by atoms with Crippen molar-refractivity contribution in [3.05, 3.63) is 65.2 Å². The molecule has 1 aliphatic heterocycles. The third kappa shape index (κ3) is 4.94. The number of carbonyl (C=O) groups is 2. The molecule has 1 amide bonds. The number of amides is 1. The number of rotatable bonds is 9. The van der Waals surface area contributed by atoms with Gasteiger partial charge >= 0.3 is 0 Å². The number of hydrogen-bond donors (Lipinski definition) is 1. The van der Waals surface area contributed by atoms with Crippen LogP contribution in [0.3, 0.4) is 0 Å². The average Bonchev–Trinajstić information content (AvgIpc) is 3.04. The van der Waals surface area contributed by atoms with E-state index in [1.165, 1.54) is 0 Å². The van der Waals surface area contributed by atoms with Crippen LogP contribution >= 0.6 is 0 Å². The number of ketones is 1. The molecular weight excluding hydrogens is 408 g/mol. The summed E-state index contributed by atoms with van der Waals surface area (Å²) in [7, 11) is 5.48. The highest BCUT2D eigenvalue weighted by atomic mass is 16.5. The molecule has 1 aliphatic rings. The van der Waals surface area contributed by atoms with Crippen LogP contribution in [0.15, 0.2) is 54.1 Å². The first kappa shape index (κ1) is 23.3. The zero-order valence-electron chi connectivity index (χ0n) is 19.0. The molecule has 0 bridgehead atoms. The van der Waals surface area contributed by atoms with Gasteiger partial charge in [-0.15, -0.1) is 0 Å². The van der Waals surface area contributed by atoms with Crippen molar-refractivity contribution in [3.63, 3.8) is 0 Å². The Kier molecular flexibility index (Phi) is 7.53. The van der Waals surface area contributed by atoms with Gasteiger partial charge in [-0.3, -0.25) is 9.59 Å². The van der Waals surface area contributed by atoms with Crippen LogP contribution in [-0.2, 0) is 9.59 Å². The van der Waals surface area contributed by atoms with Crippen molar-refractivity contribution in [3.8, 4) is 11.5 Å². The summed E-state index contributed by atoms with van der Waals surface area (Å²) in [4.78, 5) is 29.6. The molecular formula is C25H30N2O5. The van der Waals surface area contributed by atoms with Crippen molar-refractivity contribution in [1.29, 1.82) is 0 Å². The SMILES string of the molecule is CCOc1ccc(C(O)=C2C(=O)C(=O)N(CCCN(C)C)[C@@H]2c2cccc(OC)c2)cc1. The number of aliphatic hydroxyl groups excluding tert-OH is 1. The lowest BCUT2D eigenvalue weighted by molar-refractivity contribution is -0.139. The number of ether oxygens (including phenoxy) is 2. The molecule has 1 fully saturated rings. The molecule has 0 radical (unpaired) electrons. The minimum atomic E-state index is -0.696. The maximum Gasteiger partial charge on any atom is 0.295 e. The molecule has 0 aromatic heterocycles. The van der Waals surface area contributed by atoms with E-state index in [1.807, 2.05) is 38.1 Å². The number of Topliss-reactive ketones (excluding diaryl/α,β-unsaturated/α-hetero) is 1. The summed E-state index contributed by atoms with van der Waals surface area (Å²) in [5.74, 6) is -0.215. The van der Waals surface area contributed by atoms with Crippen molar-refractivity contribution in [2.75, 3.05) is 40.9 Å². The Labute approximate surface area is 188 Å². The summed E-state index contributed by atoms with van der Waals surface area (Å²) >= 11 is 0. The van der Waals surface area contributed by atoms with Crippen molar-refractivity contribution in [2.24, 2.45) is 0 Å². The van der Waals surface area contributed by atoms with Gasteiger partial charge in [0.25, 0.3) is 11.7 Å². The summed E-state index contributed by atoms with van der Waals surface area (Å²) in [5, 5.41) is 11.1. The number of nitrogens with zero attached hydrogens (tertiary/aromatic N) is 2. The van der Waals surface area contributed by atoms with Gasteiger partial charge in [0.05, 0.1) is 25.3 Å². The Bertz CT molecular complexity index is 998. The van der Waals surface area contributed by atoms with Gasteiger partial charge in [0.1, 0.15) is 17.3 Å². The molecule has 2 aromatic rings. The summed E-state index contributed by atoms with van der Waals surface area (Å²) in [6.45, 7) is 3.58. The van der Waals surface area contributed by atoms with Crippen LogP contribution in [0.1, 0.15) is 30.5 Å². The number of carbonyl (C=O) groups excluding carboxylic acids is 2. The maximum atomic E-state index is 13.1. The average molecular weight is 439 g/mol. The molecule has 170 valence electrons. The summed E-state index contributed by atoms with van der Waals surface area (Å²) in [6, 6.07) is 13.4. The standard InChI is InChI=1S/C25H30N2O5/c1-5-32-19-12-10-17(11-13-19)23(28)21-22(18-8-6-9-20(16-18)31-4)27(25(30)24(21)29)15-7-14-26(2)3/h6,8-13,16,22,28H,5,7,14-15H2,1-4H3/t22-/m1/s1. The fourth-order valence-corrected chi connectivity index (χ4v) is 3.86. The lowest BCUT2D eigenvalue weighted by Gasteiger charge is -2.26. The molecule has 0 saturated carbocycles. The van der Waals surface area contributed by atoms with Crippen molar-refractivity contribution < 1.29 is 24.2 Å². The van der Waals surface area contributed by atoms with E-state index in [0.29, 0.717) is 42.2 Å². The molecule has 32 heavy (non-hydrogen) atoms. The summed E-state index contributed by atoms with van der Waals surface area (Å²) in [5.41, 5.74) is 1.24. The van der Waals surface area contributed by atoms with E-state index in [-0.39, 0.29) is 11.3 Å². The van der Waals surface area contributed by atoms with E-state index in [4.69, 9.17) is 9.47 Å². The first-order chi connectivity index (χ1) is 15.4. The van der Waals surface area contributed by atoms with Gasteiger partial charge in [-0.2, -0.15) is 0 Å². The van der Waals surface area contributed by atoms with Crippen LogP contribution in [-0.4, -0.2) is 67.5 Å². The second-order valence-corrected chi connectivity index (χ2v) is 7.88.